The van der Waals surface area contributed by atoms with Crippen LogP contribution in [0.4, 0.5) is 5.69 Å². The van der Waals surface area contributed by atoms with Gasteiger partial charge in [0.15, 0.2) is 0 Å². The molecule has 1 fully saturated rings. The van der Waals surface area contributed by atoms with Gasteiger partial charge in [0.1, 0.15) is 4.99 Å². The van der Waals surface area contributed by atoms with Gasteiger partial charge < -0.3 is 15.7 Å². The Balaban J connectivity index is 2.21. The molecule has 1 aromatic carbocycles. The molecule has 0 amide bonds. The highest BCUT2D eigenvalue weighted by atomic mass is 32.1. The van der Waals surface area contributed by atoms with Gasteiger partial charge in [0.2, 0.25) is 0 Å². The third kappa shape index (κ3) is 3.07. The molecule has 4 heteroatoms. The molecule has 1 saturated carbocycles. The van der Waals surface area contributed by atoms with Crippen molar-refractivity contribution in [1.29, 1.82) is 0 Å². The van der Waals surface area contributed by atoms with Crippen LogP contribution in [-0.4, -0.2) is 29.3 Å². The normalized spacial score (nSPS) is 23.1. The van der Waals surface area contributed by atoms with Crippen molar-refractivity contribution < 1.29 is 5.11 Å². The molecule has 0 aromatic heterocycles. The highest BCUT2D eigenvalue weighted by Crippen LogP contribution is 2.27. The van der Waals surface area contributed by atoms with Gasteiger partial charge in [-0.2, -0.15) is 0 Å². The van der Waals surface area contributed by atoms with Gasteiger partial charge in [-0.15, -0.1) is 0 Å². The van der Waals surface area contributed by atoms with Crippen molar-refractivity contribution >= 4 is 22.9 Å². The van der Waals surface area contributed by atoms with Crippen LogP contribution in [0, 0.1) is 6.92 Å². The van der Waals surface area contributed by atoms with E-state index in [1.807, 2.05) is 19.1 Å². The van der Waals surface area contributed by atoms with Gasteiger partial charge in [-0.3, -0.25) is 0 Å². The SMILES string of the molecule is Cc1cc(N(C)C2CCCCC2O)ccc1C(N)=S. The fourth-order valence-corrected chi connectivity index (χ4v) is 3.11. The Morgan fingerprint density at radius 3 is 2.63 bits per heavy atom. The van der Waals surface area contributed by atoms with Crippen LogP contribution in [0.2, 0.25) is 0 Å². The van der Waals surface area contributed by atoms with E-state index >= 15 is 0 Å². The lowest BCUT2D eigenvalue weighted by molar-refractivity contribution is 0.106. The monoisotopic (exact) mass is 278 g/mol. The molecule has 0 heterocycles. The molecule has 1 aromatic rings. The number of aliphatic hydroxyl groups excluding tert-OH is 1. The van der Waals surface area contributed by atoms with Crippen molar-refractivity contribution in [2.45, 2.75) is 44.8 Å². The van der Waals surface area contributed by atoms with E-state index in [2.05, 4.69) is 18.0 Å². The van der Waals surface area contributed by atoms with Crippen LogP contribution in [0.15, 0.2) is 18.2 Å². The molecule has 0 radical (unpaired) electrons. The summed E-state index contributed by atoms with van der Waals surface area (Å²) in [7, 11) is 2.05. The minimum atomic E-state index is -0.227. The zero-order valence-corrected chi connectivity index (χ0v) is 12.4. The van der Waals surface area contributed by atoms with Crippen LogP contribution in [0.3, 0.4) is 0 Å². The number of thiocarbonyl (C=S) groups is 1. The molecule has 2 unspecified atom stereocenters. The van der Waals surface area contributed by atoms with Crippen LogP contribution < -0.4 is 10.6 Å². The molecule has 2 rings (SSSR count). The molecule has 0 spiro atoms. The molecule has 19 heavy (non-hydrogen) atoms. The summed E-state index contributed by atoms with van der Waals surface area (Å²) >= 11 is 5.03. The number of anilines is 1. The number of aryl methyl sites for hydroxylation is 1. The van der Waals surface area contributed by atoms with Gasteiger partial charge in [0, 0.05) is 18.3 Å². The molecule has 0 saturated heterocycles. The highest BCUT2D eigenvalue weighted by molar-refractivity contribution is 7.80. The number of nitrogens with two attached hydrogens (primary N) is 1. The summed E-state index contributed by atoms with van der Waals surface area (Å²) in [6, 6.07) is 6.31. The fraction of sp³-hybridized carbons (Fsp3) is 0.533. The maximum absolute atomic E-state index is 10.1. The van der Waals surface area contributed by atoms with Crippen LogP contribution in [0.5, 0.6) is 0 Å². The third-order valence-electron chi connectivity index (χ3n) is 4.07. The Hall–Kier alpha value is -1.13. The maximum Gasteiger partial charge on any atom is 0.104 e. The summed E-state index contributed by atoms with van der Waals surface area (Å²) in [6.45, 7) is 2.02. The third-order valence-corrected chi connectivity index (χ3v) is 4.29. The second-order valence-corrected chi connectivity index (χ2v) is 5.83. The molecule has 3 nitrogen and oxygen atoms in total. The minimum Gasteiger partial charge on any atom is -0.391 e. The van der Waals surface area contributed by atoms with Crippen molar-refractivity contribution in [3.8, 4) is 0 Å². The van der Waals surface area contributed by atoms with Crippen molar-refractivity contribution in [1.82, 2.24) is 0 Å². The molecular weight excluding hydrogens is 256 g/mol. The van der Waals surface area contributed by atoms with E-state index in [0.29, 0.717) is 4.99 Å². The van der Waals surface area contributed by atoms with E-state index < -0.39 is 0 Å². The lowest BCUT2D eigenvalue weighted by atomic mass is 9.91. The molecule has 0 aliphatic heterocycles. The van der Waals surface area contributed by atoms with E-state index in [4.69, 9.17) is 18.0 Å². The fourth-order valence-electron chi connectivity index (χ4n) is 2.88. The number of aliphatic hydroxyl groups is 1. The summed E-state index contributed by atoms with van der Waals surface area (Å²) in [6.07, 6.45) is 4.04. The van der Waals surface area contributed by atoms with Crippen molar-refractivity contribution in [2.75, 3.05) is 11.9 Å². The van der Waals surface area contributed by atoms with Crippen LogP contribution in [0.25, 0.3) is 0 Å². The Morgan fingerprint density at radius 1 is 1.37 bits per heavy atom. The Morgan fingerprint density at radius 2 is 2.05 bits per heavy atom. The molecule has 1 aliphatic rings. The molecule has 2 atom stereocenters. The second kappa shape index (κ2) is 5.88. The van der Waals surface area contributed by atoms with E-state index in [1.165, 1.54) is 6.42 Å². The smallest absolute Gasteiger partial charge is 0.104 e. The van der Waals surface area contributed by atoms with E-state index in [0.717, 1.165) is 36.1 Å². The molecular formula is C15H22N2OS. The molecule has 1 aliphatic carbocycles. The van der Waals surface area contributed by atoms with Gasteiger partial charge in [0.05, 0.1) is 12.1 Å². The lowest BCUT2D eigenvalue weighted by Gasteiger charge is -2.36. The quantitative estimate of drug-likeness (QED) is 0.834. The van der Waals surface area contributed by atoms with E-state index in [9.17, 15) is 5.11 Å². The van der Waals surface area contributed by atoms with Crippen LogP contribution in [-0.2, 0) is 0 Å². The zero-order valence-electron chi connectivity index (χ0n) is 11.6. The molecule has 104 valence electrons. The summed E-state index contributed by atoms with van der Waals surface area (Å²) in [5, 5.41) is 10.1. The van der Waals surface area contributed by atoms with Gasteiger partial charge in [-0.1, -0.05) is 25.1 Å². The van der Waals surface area contributed by atoms with E-state index in [-0.39, 0.29) is 12.1 Å². The first-order chi connectivity index (χ1) is 9.00. The number of nitrogens with zero attached hydrogens (tertiary/aromatic N) is 1. The first-order valence-electron chi connectivity index (χ1n) is 6.82. The van der Waals surface area contributed by atoms with Crippen molar-refractivity contribution in [3.05, 3.63) is 29.3 Å². The van der Waals surface area contributed by atoms with E-state index in [1.54, 1.807) is 0 Å². The topological polar surface area (TPSA) is 49.5 Å². The predicted octanol–water partition coefficient (Wildman–Crippen LogP) is 2.37. The minimum absolute atomic E-state index is 0.212. The summed E-state index contributed by atoms with van der Waals surface area (Å²) in [5.74, 6) is 0. The zero-order chi connectivity index (χ0) is 14.0. The Labute approximate surface area is 120 Å². The average molecular weight is 278 g/mol. The predicted molar refractivity (Wildman–Crippen MR) is 83.7 cm³/mol. The first-order valence-corrected chi connectivity index (χ1v) is 7.23. The van der Waals surface area contributed by atoms with Crippen LogP contribution in [0.1, 0.15) is 36.8 Å². The van der Waals surface area contributed by atoms with Gasteiger partial charge in [-0.25, -0.2) is 0 Å². The number of likely N-dealkylation sites (N-methyl/N-ethyl adjacent to an activating group) is 1. The van der Waals surface area contributed by atoms with Crippen molar-refractivity contribution in [2.24, 2.45) is 5.73 Å². The average Bonchev–Trinajstić information content (AvgIpc) is 2.38. The van der Waals surface area contributed by atoms with Gasteiger partial charge in [0.25, 0.3) is 0 Å². The standard InChI is InChI=1S/C15H22N2OS/c1-10-9-11(7-8-12(10)15(16)19)17(2)13-5-3-4-6-14(13)18/h7-9,13-14,18H,3-6H2,1-2H3,(H2,16,19). The number of hydrogen-bond donors (Lipinski definition) is 2. The number of benzene rings is 1. The Bertz CT molecular complexity index is 475. The number of hydrogen-bond acceptors (Lipinski definition) is 3. The van der Waals surface area contributed by atoms with Crippen LogP contribution >= 0.6 is 12.2 Å². The van der Waals surface area contributed by atoms with Gasteiger partial charge >= 0.3 is 0 Å². The summed E-state index contributed by atoms with van der Waals surface area (Å²) in [4.78, 5) is 2.62. The second-order valence-electron chi connectivity index (χ2n) is 5.39. The first kappa shape index (κ1) is 14.3. The number of rotatable bonds is 3. The lowest BCUT2D eigenvalue weighted by Crippen LogP contribution is -2.43. The largest absolute Gasteiger partial charge is 0.391 e. The highest BCUT2D eigenvalue weighted by Gasteiger charge is 2.26. The maximum atomic E-state index is 10.1. The summed E-state index contributed by atoms with van der Waals surface area (Å²) < 4.78 is 0. The molecule has 0 bridgehead atoms. The van der Waals surface area contributed by atoms with Crippen molar-refractivity contribution in [3.63, 3.8) is 0 Å². The molecule has 3 N–H and O–H groups in total. The van der Waals surface area contributed by atoms with Gasteiger partial charge in [-0.05, 0) is 43.5 Å². The summed E-state index contributed by atoms with van der Waals surface area (Å²) in [5.41, 5.74) is 8.81. The Kier molecular flexibility index (Phi) is 4.42.